The molecule has 4 rings (SSSR count). The Morgan fingerprint density at radius 1 is 1.11 bits per heavy atom. The van der Waals surface area contributed by atoms with Crippen LogP contribution in [-0.2, 0) is 0 Å². The van der Waals surface area contributed by atoms with Gasteiger partial charge in [-0.25, -0.2) is 18.9 Å². The molecule has 0 amide bonds. The molecular formula is C19H14FN7S. The summed E-state index contributed by atoms with van der Waals surface area (Å²) in [6.07, 6.45) is 8.56. The molecule has 3 heterocycles. The number of hydrogen-bond acceptors (Lipinski definition) is 6. The van der Waals surface area contributed by atoms with E-state index < -0.39 is 0 Å². The smallest absolute Gasteiger partial charge is 0.164 e. The summed E-state index contributed by atoms with van der Waals surface area (Å²) < 4.78 is 14.8. The zero-order valence-corrected chi connectivity index (χ0v) is 15.3. The fourth-order valence-corrected chi connectivity index (χ4v) is 3.00. The second-order valence-electron chi connectivity index (χ2n) is 5.79. The molecule has 1 aromatic carbocycles. The molecule has 9 heteroatoms. The SMILES string of the molecule is N=CSC(N)=Nc1cncc(-c2cnn3cc(-c4ccc(F)cc4)cnc23)c1. The minimum atomic E-state index is -0.283. The zero-order chi connectivity index (χ0) is 19.5. The summed E-state index contributed by atoms with van der Waals surface area (Å²) in [4.78, 5) is 13.0. The van der Waals surface area contributed by atoms with Gasteiger partial charge in [0.2, 0.25) is 0 Å². The van der Waals surface area contributed by atoms with Crippen LogP contribution in [0.5, 0.6) is 0 Å². The maximum absolute atomic E-state index is 13.1. The third-order valence-corrected chi connectivity index (χ3v) is 4.44. The lowest BCUT2D eigenvalue weighted by Gasteiger charge is -2.04. The van der Waals surface area contributed by atoms with Crippen molar-refractivity contribution >= 4 is 33.8 Å². The van der Waals surface area contributed by atoms with Gasteiger partial charge in [0.15, 0.2) is 10.8 Å². The van der Waals surface area contributed by atoms with E-state index >= 15 is 0 Å². The van der Waals surface area contributed by atoms with E-state index in [4.69, 9.17) is 11.1 Å². The van der Waals surface area contributed by atoms with Gasteiger partial charge in [0.05, 0.1) is 23.6 Å². The fourth-order valence-electron chi connectivity index (χ4n) is 2.72. The molecule has 0 saturated carbocycles. The van der Waals surface area contributed by atoms with E-state index in [-0.39, 0.29) is 11.0 Å². The number of nitrogens with two attached hydrogens (primary N) is 1. The number of amidine groups is 1. The van der Waals surface area contributed by atoms with Crippen LogP contribution in [0.1, 0.15) is 0 Å². The number of aliphatic imine (C=N–C) groups is 1. The van der Waals surface area contributed by atoms with Gasteiger partial charge in [-0.2, -0.15) is 5.10 Å². The molecule has 7 nitrogen and oxygen atoms in total. The predicted molar refractivity (Wildman–Crippen MR) is 109 cm³/mol. The van der Waals surface area contributed by atoms with E-state index in [1.165, 1.54) is 12.1 Å². The van der Waals surface area contributed by atoms with Crippen molar-refractivity contribution in [3.05, 3.63) is 67.1 Å². The van der Waals surface area contributed by atoms with Gasteiger partial charge in [-0.05, 0) is 35.5 Å². The lowest BCUT2D eigenvalue weighted by atomic mass is 10.1. The topological polar surface area (TPSA) is 105 Å². The molecule has 0 unspecified atom stereocenters. The molecule has 0 fully saturated rings. The van der Waals surface area contributed by atoms with Gasteiger partial charge < -0.3 is 11.1 Å². The molecule has 0 saturated heterocycles. The lowest BCUT2D eigenvalue weighted by molar-refractivity contribution is 0.628. The Labute approximate surface area is 163 Å². The standard InChI is InChI=1S/C19H14FN7S/c20-15-3-1-12(2-4-15)14-7-24-18-17(9-25-27(18)10-14)13-5-16(8-23-6-13)26-19(22)28-11-21/h1-11,21H,(H2,22,26). The van der Waals surface area contributed by atoms with Gasteiger partial charge in [-0.3, -0.25) is 4.98 Å². The first-order chi connectivity index (χ1) is 13.6. The summed E-state index contributed by atoms with van der Waals surface area (Å²) in [5.74, 6) is -0.283. The zero-order valence-electron chi connectivity index (χ0n) is 14.5. The van der Waals surface area contributed by atoms with Gasteiger partial charge in [-0.15, -0.1) is 0 Å². The third kappa shape index (κ3) is 3.60. The third-order valence-electron chi connectivity index (χ3n) is 3.99. The normalized spacial score (nSPS) is 11.7. The molecule has 0 spiro atoms. The highest BCUT2D eigenvalue weighted by Crippen LogP contribution is 2.27. The van der Waals surface area contributed by atoms with Crippen LogP contribution in [0.2, 0.25) is 0 Å². The average molecular weight is 391 g/mol. The van der Waals surface area contributed by atoms with Gasteiger partial charge >= 0.3 is 0 Å². The van der Waals surface area contributed by atoms with E-state index in [2.05, 4.69) is 20.1 Å². The van der Waals surface area contributed by atoms with E-state index in [1.807, 2.05) is 12.3 Å². The Bertz CT molecular complexity index is 1180. The molecule has 3 aromatic heterocycles. The highest BCUT2D eigenvalue weighted by atomic mass is 32.2. The van der Waals surface area contributed by atoms with Crippen LogP contribution in [0.3, 0.4) is 0 Å². The average Bonchev–Trinajstić information content (AvgIpc) is 3.12. The first kappa shape index (κ1) is 17.8. The van der Waals surface area contributed by atoms with Crippen LogP contribution in [0.25, 0.3) is 27.9 Å². The van der Waals surface area contributed by atoms with Gasteiger partial charge in [0, 0.05) is 35.3 Å². The molecule has 0 radical (unpaired) electrons. The number of hydrogen-bond donors (Lipinski definition) is 2. The number of aromatic nitrogens is 4. The van der Waals surface area contributed by atoms with Crippen LogP contribution in [0.15, 0.2) is 66.3 Å². The Kier molecular flexibility index (Phi) is 4.81. The van der Waals surface area contributed by atoms with E-state index in [0.717, 1.165) is 39.6 Å². The van der Waals surface area contributed by atoms with Crippen molar-refractivity contribution in [2.75, 3.05) is 0 Å². The maximum atomic E-state index is 13.1. The number of halogens is 1. The van der Waals surface area contributed by atoms with Crippen molar-refractivity contribution in [1.82, 2.24) is 19.6 Å². The number of pyridine rings is 1. The molecule has 28 heavy (non-hydrogen) atoms. The predicted octanol–water partition coefficient (Wildman–Crippen LogP) is 3.88. The second-order valence-corrected chi connectivity index (χ2v) is 6.68. The van der Waals surface area contributed by atoms with Crippen molar-refractivity contribution in [3.8, 4) is 22.3 Å². The maximum Gasteiger partial charge on any atom is 0.164 e. The number of benzene rings is 1. The molecular weight excluding hydrogens is 377 g/mol. The largest absolute Gasteiger partial charge is 0.378 e. The summed E-state index contributed by atoms with van der Waals surface area (Å²) in [5, 5.41) is 11.7. The fraction of sp³-hybridized carbons (Fsp3) is 0. The lowest BCUT2D eigenvalue weighted by Crippen LogP contribution is -2.05. The Balaban J connectivity index is 1.71. The molecule has 0 bridgehead atoms. The van der Waals surface area contributed by atoms with Gasteiger partial charge in [0.1, 0.15) is 5.82 Å². The number of rotatable bonds is 4. The van der Waals surface area contributed by atoms with Crippen LogP contribution in [-0.4, -0.2) is 30.3 Å². The Hall–Kier alpha value is -3.59. The van der Waals surface area contributed by atoms with Crippen LogP contribution in [0.4, 0.5) is 10.1 Å². The van der Waals surface area contributed by atoms with Crippen molar-refractivity contribution in [3.63, 3.8) is 0 Å². The Morgan fingerprint density at radius 2 is 1.93 bits per heavy atom. The first-order valence-electron chi connectivity index (χ1n) is 8.18. The Morgan fingerprint density at radius 3 is 2.71 bits per heavy atom. The van der Waals surface area contributed by atoms with Crippen molar-refractivity contribution < 1.29 is 4.39 Å². The highest BCUT2D eigenvalue weighted by molar-refractivity contribution is 8.24. The molecule has 4 aromatic rings. The molecule has 0 aliphatic heterocycles. The van der Waals surface area contributed by atoms with Gasteiger partial charge in [-0.1, -0.05) is 12.1 Å². The van der Waals surface area contributed by atoms with E-state index in [9.17, 15) is 4.39 Å². The number of nitrogens with zero attached hydrogens (tertiary/aromatic N) is 5. The first-order valence-corrected chi connectivity index (χ1v) is 9.06. The summed E-state index contributed by atoms with van der Waals surface area (Å²) >= 11 is 1.02. The van der Waals surface area contributed by atoms with E-state index in [0.29, 0.717) is 11.3 Å². The van der Waals surface area contributed by atoms with Crippen molar-refractivity contribution in [1.29, 1.82) is 5.41 Å². The van der Waals surface area contributed by atoms with Crippen molar-refractivity contribution in [2.24, 2.45) is 10.7 Å². The molecule has 0 atom stereocenters. The van der Waals surface area contributed by atoms with Crippen LogP contribution < -0.4 is 5.73 Å². The number of fused-ring (bicyclic) bond motifs is 1. The molecule has 138 valence electrons. The molecule has 0 aliphatic carbocycles. The number of nitrogens with one attached hydrogen (secondary N) is 1. The minimum absolute atomic E-state index is 0.260. The molecule has 0 aliphatic rings. The van der Waals surface area contributed by atoms with Crippen LogP contribution >= 0.6 is 11.8 Å². The van der Waals surface area contributed by atoms with Crippen molar-refractivity contribution in [2.45, 2.75) is 0 Å². The van der Waals surface area contributed by atoms with Gasteiger partial charge in [0.25, 0.3) is 0 Å². The summed E-state index contributed by atoms with van der Waals surface area (Å²) in [5.41, 5.74) is 11.4. The van der Waals surface area contributed by atoms with Crippen LogP contribution in [0, 0.1) is 11.2 Å². The second kappa shape index (κ2) is 7.57. The molecule has 3 N–H and O–H groups in total. The highest BCUT2D eigenvalue weighted by Gasteiger charge is 2.10. The minimum Gasteiger partial charge on any atom is -0.378 e. The number of thioether (sulfide) groups is 1. The summed E-state index contributed by atoms with van der Waals surface area (Å²) in [7, 11) is 0. The quantitative estimate of drug-likeness (QED) is 0.406. The summed E-state index contributed by atoms with van der Waals surface area (Å²) in [6, 6.07) is 8.05. The monoisotopic (exact) mass is 391 g/mol. The summed E-state index contributed by atoms with van der Waals surface area (Å²) in [6.45, 7) is 0. The van der Waals surface area contributed by atoms with E-state index in [1.54, 1.807) is 41.4 Å².